The Kier molecular flexibility index (Phi) is 2.32. The zero-order chi connectivity index (χ0) is 56.4. The zero-order valence-corrected chi connectivity index (χ0v) is 24.4. The second-order valence-electron chi connectivity index (χ2n) is 11.0. The Labute approximate surface area is 321 Å². The van der Waals surface area contributed by atoms with Crippen LogP contribution in [0.5, 0.6) is 0 Å². The van der Waals surface area contributed by atoms with Crippen LogP contribution < -0.4 is 0 Å². The second-order valence-corrected chi connectivity index (χ2v) is 11.0. The van der Waals surface area contributed by atoms with Crippen molar-refractivity contribution in [1.29, 1.82) is 0 Å². The molecule has 1 aromatic heterocycles. The fraction of sp³-hybridized carbons (Fsp3) is 0. The Balaban J connectivity index is 1.48. The molecule has 1 heterocycles. The predicted octanol–water partition coefficient (Wildman–Crippen LogP) is 13.8. The summed E-state index contributed by atoms with van der Waals surface area (Å²) in [6, 6.07) is -25.1. The minimum atomic E-state index is -1.02. The van der Waals surface area contributed by atoms with E-state index in [-0.39, 0.29) is 0 Å². The van der Waals surface area contributed by atoms with Gasteiger partial charge in [-0.05, 0) is 117 Å². The van der Waals surface area contributed by atoms with Crippen LogP contribution in [0.4, 0.5) is 0 Å². The molecular weight excluding hydrogens is 593 g/mol. The molecule has 10 aromatic carbocycles. The van der Waals surface area contributed by atoms with Gasteiger partial charge in [0.05, 0.1) is 38.4 Å². The van der Waals surface area contributed by atoms with Crippen molar-refractivity contribution in [2.45, 2.75) is 0 Å². The third kappa shape index (κ3) is 3.82. The van der Waals surface area contributed by atoms with E-state index in [4.69, 9.17) is 26.3 Å². The van der Waals surface area contributed by atoms with Crippen molar-refractivity contribution in [2.24, 2.45) is 0 Å². The summed E-state index contributed by atoms with van der Waals surface area (Å²) in [6.45, 7) is 0. The van der Waals surface area contributed by atoms with Crippen LogP contribution in [0, 0.1) is 0 Å². The third-order valence-electron chi connectivity index (χ3n) is 8.45. The summed E-state index contributed by atoms with van der Waals surface area (Å²) in [7, 11) is 0. The molecule has 0 aliphatic rings. The second kappa shape index (κ2) is 10.0. The highest BCUT2D eigenvalue weighted by atomic mass is 16.3. The van der Waals surface area contributed by atoms with Gasteiger partial charge < -0.3 is 4.42 Å². The molecule has 0 radical (unpaired) electrons. The molecule has 0 bridgehead atoms. The van der Waals surface area contributed by atoms with E-state index in [1.807, 2.05) is 0 Å². The molecule has 11 aromatic rings. The third-order valence-corrected chi connectivity index (χ3v) is 8.45. The van der Waals surface area contributed by atoms with Crippen molar-refractivity contribution in [2.75, 3.05) is 0 Å². The molecule has 0 saturated heterocycles. The Morgan fingerprint density at radius 1 is 0.327 bits per heavy atom. The van der Waals surface area contributed by atoms with Gasteiger partial charge >= 0.3 is 0 Å². The van der Waals surface area contributed by atoms with E-state index < -0.39 is 278 Å². The van der Waals surface area contributed by atoms with Gasteiger partial charge in [-0.3, -0.25) is 0 Å². The highest BCUT2D eigenvalue weighted by Crippen LogP contribution is 2.48. The normalized spacial score (nSPS) is 20.1. The standard InChI is InChI=1S/C48H28O/c1-2-13-31-28-45-42(25-30(31)12-1)41-26-33(23-24-44(41)49-45)47-37-17-7-9-19-39(37)48(40-20-10-8-18-38(40)47)43-27-32-22-21-29-11-3-4-14-34(29)46(32)36-16-6-5-15-35(36)43/h1-28H/i1D,2D,3D,4D,5D,6D,7D,8D,9D,10D,11D,12D,13D,14D,15D,16D,17D,18D,19D,20D,21D,22D,23D,24D,25D,26D,27D,28D. The first-order valence-electron chi connectivity index (χ1n) is 28.7. The van der Waals surface area contributed by atoms with Gasteiger partial charge in [0, 0.05) is 10.8 Å². The molecular formula is C48H28O. The Hall–Kier alpha value is -6.44. The molecule has 0 atom stereocenters. The summed E-state index contributed by atoms with van der Waals surface area (Å²) >= 11 is 0. The molecule has 49 heavy (non-hydrogen) atoms. The smallest absolute Gasteiger partial charge is 0.136 e. The molecule has 0 fully saturated rings. The van der Waals surface area contributed by atoms with E-state index in [9.17, 15) is 16.4 Å². The lowest BCUT2D eigenvalue weighted by Gasteiger charge is -2.20. The maximum atomic E-state index is 10.1. The largest absolute Gasteiger partial charge is 0.456 e. The quantitative estimate of drug-likeness (QED) is 0.134. The average molecular weight is 649 g/mol. The van der Waals surface area contributed by atoms with Crippen LogP contribution in [0.3, 0.4) is 0 Å². The summed E-state index contributed by atoms with van der Waals surface area (Å²) in [6.07, 6.45) is 0. The Morgan fingerprint density at radius 3 is 1.57 bits per heavy atom. The van der Waals surface area contributed by atoms with E-state index in [2.05, 4.69) is 0 Å². The SMILES string of the molecule is [2H]c1c(-c2c3c([2H])c([2H])c([2H])c([2H])c3c(-c3c([2H])c4c([2H])c([2H])c5c([2H])c([2H])c([2H])c([2H])c5c4c4c([2H])c([2H])c([2H])c([2H])c34)c3c([2H])c([2H])c([2H])c([2H])c23)c([2H])c2c(oc3c([2H])c4c([2H])c([2H])c([2H])c([2H])c4c([2H])c32)c1[2H]. The number of rotatable bonds is 2. The van der Waals surface area contributed by atoms with Crippen LogP contribution >= 0.6 is 0 Å². The predicted molar refractivity (Wildman–Crippen MR) is 210 cm³/mol. The number of furan rings is 1. The molecule has 0 aliphatic heterocycles. The van der Waals surface area contributed by atoms with Gasteiger partial charge in [0.15, 0.2) is 0 Å². The van der Waals surface area contributed by atoms with E-state index in [1.54, 1.807) is 0 Å². The molecule has 0 unspecified atom stereocenters. The number of benzene rings is 10. The highest BCUT2D eigenvalue weighted by molar-refractivity contribution is 6.28. The Morgan fingerprint density at radius 2 is 0.857 bits per heavy atom. The lowest BCUT2D eigenvalue weighted by atomic mass is 9.83. The van der Waals surface area contributed by atoms with Gasteiger partial charge in [0.1, 0.15) is 11.2 Å². The fourth-order valence-electron chi connectivity index (χ4n) is 6.42. The summed E-state index contributed by atoms with van der Waals surface area (Å²) < 4.78 is 261. The molecule has 0 spiro atoms. The zero-order valence-electron chi connectivity index (χ0n) is 52.4. The van der Waals surface area contributed by atoms with Crippen molar-refractivity contribution in [1.82, 2.24) is 0 Å². The molecule has 0 aliphatic carbocycles. The first-order valence-corrected chi connectivity index (χ1v) is 14.7. The van der Waals surface area contributed by atoms with Crippen LogP contribution in [-0.2, 0) is 0 Å². The molecule has 0 amide bonds. The van der Waals surface area contributed by atoms with Crippen LogP contribution in [0.25, 0.3) is 109 Å². The van der Waals surface area contributed by atoms with Crippen LogP contribution in [0.1, 0.15) is 38.4 Å². The fourth-order valence-corrected chi connectivity index (χ4v) is 6.42. The number of fused-ring (bicyclic) bond motifs is 11. The van der Waals surface area contributed by atoms with Gasteiger partial charge in [0.25, 0.3) is 0 Å². The van der Waals surface area contributed by atoms with E-state index >= 15 is 0 Å². The molecule has 1 nitrogen and oxygen atoms in total. The van der Waals surface area contributed by atoms with Crippen LogP contribution in [0.2, 0.25) is 0 Å². The average Bonchev–Trinajstić information content (AvgIpc) is 3.86. The van der Waals surface area contributed by atoms with Gasteiger partial charge in [0.2, 0.25) is 0 Å². The maximum Gasteiger partial charge on any atom is 0.136 e. The molecule has 1 heteroatoms. The van der Waals surface area contributed by atoms with E-state index in [1.165, 1.54) is 0 Å². The minimum absolute atomic E-state index is 0.453. The van der Waals surface area contributed by atoms with E-state index in [0.717, 1.165) is 0 Å². The molecule has 11 rings (SSSR count). The van der Waals surface area contributed by atoms with Crippen molar-refractivity contribution in [3.8, 4) is 22.3 Å². The minimum Gasteiger partial charge on any atom is -0.456 e. The Bertz CT molecular complexity index is 4690. The molecule has 0 N–H and O–H groups in total. The monoisotopic (exact) mass is 648 g/mol. The van der Waals surface area contributed by atoms with Gasteiger partial charge in [-0.15, -0.1) is 0 Å². The van der Waals surface area contributed by atoms with Crippen LogP contribution in [0.15, 0.2) is 174 Å². The van der Waals surface area contributed by atoms with Crippen molar-refractivity contribution in [3.63, 3.8) is 0 Å². The maximum absolute atomic E-state index is 10.1. The van der Waals surface area contributed by atoms with Crippen molar-refractivity contribution >= 4 is 86.6 Å². The summed E-state index contributed by atoms with van der Waals surface area (Å²) in [4.78, 5) is 0. The lowest BCUT2D eigenvalue weighted by Crippen LogP contribution is -1.92. The van der Waals surface area contributed by atoms with Crippen molar-refractivity contribution < 1.29 is 42.8 Å². The van der Waals surface area contributed by atoms with E-state index in [0.29, 0.717) is 0 Å². The first kappa shape index (κ1) is 11.3. The number of hydrogen-bond donors (Lipinski definition) is 0. The summed E-state index contributed by atoms with van der Waals surface area (Å²) in [5.41, 5.74) is -4.20. The van der Waals surface area contributed by atoms with Gasteiger partial charge in [-0.1, -0.05) is 139 Å². The van der Waals surface area contributed by atoms with Gasteiger partial charge in [-0.25, -0.2) is 0 Å². The highest BCUT2D eigenvalue weighted by Gasteiger charge is 2.20. The van der Waals surface area contributed by atoms with Crippen molar-refractivity contribution in [3.05, 3.63) is 169 Å². The molecule has 226 valence electrons. The van der Waals surface area contributed by atoms with Gasteiger partial charge in [-0.2, -0.15) is 0 Å². The number of hydrogen-bond acceptors (Lipinski definition) is 1. The van der Waals surface area contributed by atoms with Crippen LogP contribution in [-0.4, -0.2) is 0 Å². The lowest BCUT2D eigenvalue weighted by molar-refractivity contribution is 0.669. The summed E-state index contributed by atoms with van der Waals surface area (Å²) in [5.74, 6) is 0. The summed E-state index contributed by atoms with van der Waals surface area (Å²) in [5, 5.41) is -8.57. The molecule has 0 saturated carbocycles. The topological polar surface area (TPSA) is 13.1 Å². The first-order chi connectivity index (χ1) is 36.0.